The summed E-state index contributed by atoms with van der Waals surface area (Å²) in [5.41, 5.74) is 3.45. The molecule has 0 unspecified atom stereocenters. The molecule has 140 valence electrons. The number of nitrogens with zero attached hydrogens (tertiary/aromatic N) is 3. The molecule has 7 heteroatoms. The Hall–Kier alpha value is -2.60. The van der Waals surface area contributed by atoms with Crippen LogP contribution in [0.25, 0.3) is 11.3 Å². The van der Waals surface area contributed by atoms with E-state index in [0.717, 1.165) is 29.9 Å². The van der Waals surface area contributed by atoms with Gasteiger partial charge in [-0.05, 0) is 39.7 Å². The Bertz CT molecular complexity index is 988. The highest BCUT2D eigenvalue weighted by Crippen LogP contribution is 2.39. The number of carbonyl (C=O) groups excluding carboxylic acids is 1. The average molecular weight is 386 g/mol. The Morgan fingerprint density at radius 3 is 2.59 bits per heavy atom. The molecule has 0 radical (unpaired) electrons. The predicted molar refractivity (Wildman–Crippen MR) is 101 cm³/mol. The van der Waals surface area contributed by atoms with Crippen LogP contribution in [0.4, 0.5) is 0 Å². The minimum absolute atomic E-state index is 0.0582. The van der Waals surface area contributed by atoms with Crippen molar-refractivity contribution < 1.29 is 13.8 Å². The van der Waals surface area contributed by atoms with Crippen molar-refractivity contribution in [1.82, 2.24) is 15.2 Å². The quantitative estimate of drug-likeness (QED) is 0.642. The number of hydrogen-bond donors (Lipinski definition) is 0. The van der Waals surface area contributed by atoms with Crippen LogP contribution in [0, 0.1) is 20.8 Å². The Balaban J connectivity index is 1.76. The molecular weight excluding hydrogens is 366 g/mol. The molecule has 0 saturated carbocycles. The zero-order valence-corrected chi connectivity index (χ0v) is 16.2. The zero-order chi connectivity index (χ0) is 19.1. The van der Waals surface area contributed by atoms with Crippen LogP contribution in [-0.4, -0.2) is 27.7 Å². The lowest BCUT2D eigenvalue weighted by Crippen LogP contribution is -2.31. The van der Waals surface area contributed by atoms with E-state index in [1.54, 1.807) is 13.0 Å². The number of aryl methyl sites for hydroxylation is 3. The molecule has 0 spiro atoms. The summed E-state index contributed by atoms with van der Waals surface area (Å²) in [4.78, 5) is 15.4. The monoisotopic (exact) mass is 385 g/mol. The second kappa shape index (κ2) is 6.85. The van der Waals surface area contributed by atoms with Crippen molar-refractivity contribution in [3.63, 3.8) is 0 Å². The third-order valence-electron chi connectivity index (χ3n) is 5.14. The molecule has 27 heavy (non-hydrogen) atoms. The molecule has 0 aliphatic carbocycles. The molecule has 4 rings (SSSR count). The van der Waals surface area contributed by atoms with Crippen LogP contribution in [-0.2, 0) is 0 Å². The van der Waals surface area contributed by atoms with Crippen molar-refractivity contribution in [2.75, 3.05) is 6.54 Å². The predicted octanol–water partition coefficient (Wildman–Crippen LogP) is 4.89. The van der Waals surface area contributed by atoms with Gasteiger partial charge in [0.2, 0.25) is 0 Å². The molecule has 0 N–H and O–H groups in total. The van der Waals surface area contributed by atoms with Crippen molar-refractivity contribution in [2.24, 2.45) is 0 Å². The highest BCUT2D eigenvalue weighted by atomic mass is 35.5. The van der Waals surface area contributed by atoms with E-state index >= 15 is 0 Å². The molecule has 0 bridgehead atoms. The van der Waals surface area contributed by atoms with Crippen molar-refractivity contribution in [1.29, 1.82) is 0 Å². The molecule has 3 aromatic rings. The maximum Gasteiger partial charge on any atom is 0.260 e. The van der Waals surface area contributed by atoms with Crippen LogP contribution in [0.5, 0.6) is 0 Å². The molecule has 1 saturated heterocycles. The van der Waals surface area contributed by atoms with Gasteiger partial charge in [0.1, 0.15) is 22.8 Å². The number of amides is 1. The number of benzene rings is 1. The first-order valence-electron chi connectivity index (χ1n) is 8.94. The van der Waals surface area contributed by atoms with Crippen LogP contribution in [0.1, 0.15) is 52.0 Å². The summed E-state index contributed by atoms with van der Waals surface area (Å²) in [7, 11) is 0. The smallest absolute Gasteiger partial charge is 0.260 e. The van der Waals surface area contributed by atoms with Crippen molar-refractivity contribution in [3.05, 3.63) is 57.6 Å². The first-order valence-corrected chi connectivity index (χ1v) is 9.31. The van der Waals surface area contributed by atoms with Gasteiger partial charge >= 0.3 is 0 Å². The third kappa shape index (κ3) is 2.94. The summed E-state index contributed by atoms with van der Waals surface area (Å²) in [5.74, 6) is 1.14. The summed E-state index contributed by atoms with van der Waals surface area (Å²) in [6, 6.07) is 7.26. The van der Waals surface area contributed by atoms with Crippen LogP contribution >= 0.6 is 11.6 Å². The van der Waals surface area contributed by atoms with Gasteiger partial charge in [0, 0.05) is 17.7 Å². The Labute approximate surface area is 162 Å². The van der Waals surface area contributed by atoms with E-state index in [2.05, 4.69) is 10.3 Å². The lowest BCUT2D eigenvalue weighted by molar-refractivity contribution is 0.0733. The number of likely N-dealkylation sites (tertiary alicyclic amines) is 1. The molecule has 1 aromatic carbocycles. The van der Waals surface area contributed by atoms with Gasteiger partial charge in [-0.25, -0.2) is 0 Å². The molecular formula is C20H20ClN3O3. The van der Waals surface area contributed by atoms with E-state index in [4.69, 9.17) is 20.6 Å². The molecule has 1 atom stereocenters. The van der Waals surface area contributed by atoms with Gasteiger partial charge in [0.25, 0.3) is 5.91 Å². The number of halogens is 1. The summed E-state index contributed by atoms with van der Waals surface area (Å²) in [6.45, 7) is 6.21. The zero-order valence-electron chi connectivity index (χ0n) is 15.5. The van der Waals surface area contributed by atoms with Gasteiger partial charge in [0.05, 0.1) is 16.8 Å². The van der Waals surface area contributed by atoms with Crippen molar-refractivity contribution >= 4 is 17.5 Å². The molecule has 3 heterocycles. The Kier molecular flexibility index (Phi) is 4.52. The number of rotatable bonds is 3. The molecule has 1 aliphatic heterocycles. The molecule has 1 amide bonds. The van der Waals surface area contributed by atoms with Crippen LogP contribution in [0.3, 0.4) is 0 Å². The first-order chi connectivity index (χ1) is 13.0. The van der Waals surface area contributed by atoms with Gasteiger partial charge in [-0.1, -0.05) is 40.1 Å². The summed E-state index contributed by atoms with van der Waals surface area (Å²) >= 11 is 6.33. The second-order valence-electron chi connectivity index (χ2n) is 6.84. The van der Waals surface area contributed by atoms with Crippen LogP contribution < -0.4 is 0 Å². The normalized spacial score (nSPS) is 16.9. The summed E-state index contributed by atoms with van der Waals surface area (Å²) in [5, 5.41) is 8.71. The highest BCUT2D eigenvalue weighted by molar-refractivity contribution is 6.33. The summed E-state index contributed by atoms with van der Waals surface area (Å²) < 4.78 is 10.7. The van der Waals surface area contributed by atoms with Gasteiger partial charge < -0.3 is 13.9 Å². The lowest BCUT2D eigenvalue weighted by Gasteiger charge is -2.25. The minimum atomic E-state index is -0.105. The van der Waals surface area contributed by atoms with Gasteiger partial charge in [0.15, 0.2) is 0 Å². The Morgan fingerprint density at radius 2 is 1.89 bits per heavy atom. The maximum absolute atomic E-state index is 13.5. The van der Waals surface area contributed by atoms with Crippen molar-refractivity contribution in [2.45, 2.75) is 39.7 Å². The number of aromatic nitrogens is 2. The Morgan fingerprint density at radius 1 is 1.15 bits per heavy atom. The molecule has 1 aliphatic rings. The van der Waals surface area contributed by atoms with E-state index in [0.29, 0.717) is 34.1 Å². The molecule has 1 fully saturated rings. The number of carbonyl (C=O) groups is 1. The van der Waals surface area contributed by atoms with E-state index in [-0.39, 0.29) is 11.9 Å². The lowest BCUT2D eigenvalue weighted by atomic mass is 10.0. The highest BCUT2D eigenvalue weighted by Gasteiger charge is 2.37. The van der Waals surface area contributed by atoms with Gasteiger partial charge in [-0.2, -0.15) is 0 Å². The topological polar surface area (TPSA) is 72.4 Å². The SMILES string of the molecule is Cc1noc(C)c1[C@@H]1CCCN1C(=O)c1c(-c2ccccc2Cl)noc1C. The first kappa shape index (κ1) is 17.8. The van der Waals surface area contributed by atoms with E-state index < -0.39 is 0 Å². The van der Waals surface area contributed by atoms with E-state index in [9.17, 15) is 4.79 Å². The second-order valence-corrected chi connectivity index (χ2v) is 7.24. The van der Waals surface area contributed by atoms with Crippen molar-refractivity contribution in [3.8, 4) is 11.3 Å². The van der Waals surface area contributed by atoms with E-state index in [1.807, 2.05) is 36.9 Å². The molecule has 2 aromatic heterocycles. The fourth-order valence-corrected chi connectivity index (χ4v) is 4.11. The number of hydrogen-bond acceptors (Lipinski definition) is 5. The average Bonchev–Trinajstić information content (AvgIpc) is 3.34. The van der Waals surface area contributed by atoms with Crippen LogP contribution in [0.2, 0.25) is 5.02 Å². The third-order valence-corrected chi connectivity index (χ3v) is 5.47. The van der Waals surface area contributed by atoms with E-state index in [1.165, 1.54) is 0 Å². The maximum atomic E-state index is 13.5. The fraction of sp³-hybridized carbons (Fsp3) is 0.350. The largest absolute Gasteiger partial charge is 0.361 e. The standard InChI is InChI=1S/C20H20ClN3O3/c1-11-17(12(2)26-22-11)16-9-6-10-24(16)20(25)18-13(3)27-23-19(18)14-7-4-5-8-15(14)21/h4-5,7-8,16H,6,9-10H2,1-3H3/t16-/m0/s1. The van der Waals surface area contributed by atoms with Gasteiger partial charge in [-0.3, -0.25) is 4.79 Å². The van der Waals surface area contributed by atoms with Gasteiger partial charge in [-0.15, -0.1) is 0 Å². The molecule has 6 nitrogen and oxygen atoms in total. The minimum Gasteiger partial charge on any atom is -0.361 e. The fourth-order valence-electron chi connectivity index (χ4n) is 3.88. The van der Waals surface area contributed by atoms with Crippen LogP contribution in [0.15, 0.2) is 33.3 Å². The summed E-state index contributed by atoms with van der Waals surface area (Å²) in [6.07, 6.45) is 1.80.